The minimum atomic E-state index is -0.553. The summed E-state index contributed by atoms with van der Waals surface area (Å²) in [7, 11) is 0. The molecule has 2 aliphatic rings. The Morgan fingerprint density at radius 3 is 2.87 bits per heavy atom. The highest BCUT2D eigenvalue weighted by Crippen LogP contribution is 2.34. The molecule has 1 atom stereocenters. The van der Waals surface area contributed by atoms with Crippen molar-refractivity contribution in [2.75, 3.05) is 29.5 Å². The number of hydrogen-bond acceptors (Lipinski definition) is 7. The normalized spacial score (nSPS) is 16.6. The summed E-state index contributed by atoms with van der Waals surface area (Å²) in [5.41, 5.74) is 9.22. The molecular weight excluding hydrogens is 402 g/mol. The fraction of sp³-hybridized carbons (Fsp3) is 0.227. The molecule has 0 spiro atoms. The van der Waals surface area contributed by atoms with E-state index in [1.165, 1.54) is 18.5 Å². The molecule has 7 nitrogen and oxygen atoms in total. The number of nitrogens with two attached hydrogens (primary N) is 1. The Labute approximate surface area is 177 Å². The number of halogens is 2. The van der Waals surface area contributed by atoms with Crippen LogP contribution in [0.5, 0.6) is 5.75 Å². The molecule has 1 aliphatic heterocycles. The van der Waals surface area contributed by atoms with Gasteiger partial charge in [-0.25, -0.2) is 18.7 Å². The van der Waals surface area contributed by atoms with Gasteiger partial charge in [0.25, 0.3) is 0 Å². The Morgan fingerprint density at radius 1 is 1.16 bits per heavy atom. The van der Waals surface area contributed by atoms with E-state index in [9.17, 15) is 8.78 Å². The first kappa shape index (κ1) is 19.2. The van der Waals surface area contributed by atoms with Crippen molar-refractivity contribution in [1.29, 1.82) is 5.41 Å². The fourth-order valence-corrected chi connectivity index (χ4v) is 4.14. The molecule has 0 bridgehead atoms. The van der Waals surface area contributed by atoms with Crippen LogP contribution in [0.2, 0.25) is 0 Å². The van der Waals surface area contributed by atoms with Gasteiger partial charge in [0, 0.05) is 18.2 Å². The number of ether oxygens (including phenoxy) is 1. The first-order valence-corrected chi connectivity index (χ1v) is 9.93. The lowest BCUT2D eigenvalue weighted by Crippen LogP contribution is -2.23. The maximum atomic E-state index is 14.6. The van der Waals surface area contributed by atoms with Crippen molar-refractivity contribution >= 4 is 23.0 Å². The van der Waals surface area contributed by atoms with E-state index in [2.05, 4.69) is 20.6 Å². The average Bonchev–Trinajstić information content (AvgIpc) is 3.15. The smallest absolute Gasteiger partial charge is 0.178 e. The van der Waals surface area contributed by atoms with Crippen molar-refractivity contribution in [2.24, 2.45) is 0 Å². The highest BCUT2D eigenvalue weighted by molar-refractivity contribution is 6.16. The fourth-order valence-electron chi connectivity index (χ4n) is 4.14. The van der Waals surface area contributed by atoms with E-state index < -0.39 is 5.82 Å². The van der Waals surface area contributed by atoms with Crippen molar-refractivity contribution in [3.8, 4) is 5.75 Å². The number of nitrogens with one attached hydrogen (secondary N) is 3. The van der Waals surface area contributed by atoms with Crippen LogP contribution in [0.15, 0.2) is 36.7 Å². The molecule has 0 saturated carbocycles. The minimum Gasteiger partial charge on any atom is -0.486 e. The summed E-state index contributed by atoms with van der Waals surface area (Å²) in [6.45, 7) is 0.928. The third kappa shape index (κ3) is 3.52. The zero-order valence-corrected chi connectivity index (χ0v) is 16.5. The van der Waals surface area contributed by atoms with Crippen molar-refractivity contribution in [1.82, 2.24) is 9.97 Å². The van der Waals surface area contributed by atoms with Gasteiger partial charge in [0.05, 0.1) is 17.0 Å². The van der Waals surface area contributed by atoms with E-state index >= 15 is 0 Å². The molecule has 0 saturated heterocycles. The van der Waals surface area contributed by atoms with Gasteiger partial charge in [-0.2, -0.15) is 0 Å². The molecule has 2 aromatic carbocycles. The third-order valence-corrected chi connectivity index (χ3v) is 5.56. The number of hydrogen-bond donors (Lipinski definition) is 4. The SMILES string of the molecule is N=C(c1cc(F)c2c(c1)NCCO2)c1c(N)ncnc1NC1Cc2ccc(F)cc2C1. The van der Waals surface area contributed by atoms with Crippen LogP contribution in [0, 0.1) is 17.0 Å². The minimum absolute atomic E-state index is 0.00349. The number of rotatable bonds is 4. The number of nitrogens with zero attached hydrogens (tertiary/aromatic N) is 2. The maximum absolute atomic E-state index is 14.6. The summed E-state index contributed by atoms with van der Waals surface area (Å²) >= 11 is 0. The van der Waals surface area contributed by atoms with E-state index in [1.807, 2.05) is 0 Å². The second-order valence-corrected chi connectivity index (χ2v) is 7.63. The lowest BCUT2D eigenvalue weighted by atomic mass is 10.0. The van der Waals surface area contributed by atoms with Crippen LogP contribution in [0.25, 0.3) is 0 Å². The summed E-state index contributed by atoms with van der Waals surface area (Å²) < 4.78 is 33.5. The number of anilines is 3. The molecule has 5 N–H and O–H groups in total. The standard InChI is InChI=1S/C22H20F2N6O/c23-14-2-1-11-6-15(7-12(11)5-14)30-22-18(21(26)28-10-29-22)19(25)13-8-16(24)20-17(9-13)27-3-4-31-20/h1-2,5,8-10,15,25,27H,3-4,6-7H2,(H3,26,28,29,30). The second-order valence-electron chi connectivity index (χ2n) is 7.63. The van der Waals surface area contributed by atoms with Gasteiger partial charge < -0.3 is 21.1 Å². The van der Waals surface area contributed by atoms with Gasteiger partial charge in [0.15, 0.2) is 11.6 Å². The van der Waals surface area contributed by atoms with Crippen molar-refractivity contribution < 1.29 is 13.5 Å². The van der Waals surface area contributed by atoms with Crippen LogP contribution in [0.3, 0.4) is 0 Å². The van der Waals surface area contributed by atoms with Crippen molar-refractivity contribution in [2.45, 2.75) is 18.9 Å². The number of nitrogen functional groups attached to an aromatic ring is 1. The van der Waals surface area contributed by atoms with Crippen molar-refractivity contribution in [3.05, 3.63) is 70.5 Å². The van der Waals surface area contributed by atoms with E-state index in [-0.39, 0.29) is 29.1 Å². The van der Waals surface area contributed by atoms with Gasteiger partial charge in [-0.15, -0.1) is 0 Å². The first-order chi connectivity index (χ1) is 15.0. The van der Waals surface area contributed by atoms with Crippen LogP contribution >= 0.6 is 0 Å². The Kier molecular flexibility index (Phi) is 4.65. The quantitative estimate of drug-likeness (QED) is 0.481. The van der Waals surface area contributed by atoms with Gasteiger partial charge in [0.1, 0.15) is 30.4 Å². The lowest BCUT2D eigenvalue weighted by molar-refractivity contribution is 0.306. The first-order valence-electron chi connectivity index (χ1n) is 9.93. The number of aromatic nitrogens is 2. The second kappa shape index (κ2) is 7.50. The Hall–Kier alpha value is -3.75. The molecule has 5 rings (SSSR count). The predicted molar refractivity (Wildman–Crippen MR) is 114 cm³/mol. The third-order valence-electron chi connectivity index (χ3n) is 5.56. The highest BCUT2D eigenvalue weighted by atomic mass is 19.1. The van der Waals surface area contributed by atoms with Crippen LogP contribution in [-0.4, -0.2) is 34.9 Å². The monoisotopic (exact) mass is 422 g/mol. The molecule has 9 heteroatoms. The van der Waals surface area contributed by atoms with E-state index in [0.717, 1.165) is 11.1 Å². The lowest BCUT2D eigenvalue weighted by Gasteiger charge is -2.21. The molecular formula is C22H20F2N6O. The largest absolute Gasteiger partial charge is 0.486 e. The molecule has 2 heterocycles. The Bertz CT molecular complexity index is 1200. The van der Waals surface area contributed by atoms with Crippen molar-refractivity contribution in [3.63, 3.8) is 0 Å². The molecule has 158 valence electrons. The van der Waals surface area contributed by atoms with Crippen LogP contribution < -0.4 is 21.1 Å². The summed E-state index contributed by atoms with van der Waals surface area (Å²) in [4.78, 5) is 8.31. The average molecular weight is 422 g/mol. The number of benzene rings is 2. The molecule has 0 radical (unpaired) electrons. The molecule has 31 heavy (non-hydrogen) atoms. The topological polar surface area (TPSA) is 109 Å². The molecule has 0 amide bonds. The van der Waals surface area contributed by atoms with Crippen LogP contribution in [0.4, 0.5) is 26.1 Å². The Balaban J connectivity index is 1.46. The van der Waals surface area contributed by atoms with E-state index in [4.69, 9.17) is 15.9 Å². The van der Waals surface area contributed by atoms with Gasteiger partial charge in [0.2, 0.25) is 0 Å². The summed E-state index contributed by atoms with van der Waals surface area (Å²) in [5.74, 6) is -0.165. The highest BCUT2D eigenvalue weighted by Gasteiger charge is 2.26. The van der Waals surface area contributed by atoms with Gasteiger partial charge in [-0.05, 0) is 48.2 Å². The summed E-state index contributed by atoms with van der Waals surface area (Å²) in [5, 5.41) is 15.1. The summed E-state index contributed by atoms with van der Waals surface area (Å²) in [6, 6.07) is 7.65. The predicted octanol–water partition coefficient (Wildman–Crippen LogP) is 3.14. The van der Waals surface area contributed by atoms with Crippen LogP contribution in [-0.2, 0) is 12.8 Å². The number of fused-ring (bicyclic) bond motifs is 2. The molecule has 1 aromatic heterocycles. The zero-order valence-electron chi connectivity index (χ0n) is 16.5. The maximum Gasteiger partial charge on any atom is 0.178 e. The summed E-state index contributed by atoms with van der Waals surface area (Å²) in [6.07, 6.45) is 2.64. The van der Waals surface area contributed by atoms with E-state index in [1.54, 1.807) is 18.2 Å². The van der Waals surface area contributed by atoms with Crippen LogP contribution in [0.1, 0.15) is 22.3 Å². The van der Waals surface area contributed by atoms with Gasteiger partial charge >= 0.3 is 0 Å². The molecule has 1 unspecified atom stereocenters. The van der Waals surface area contributed by atoms with Gasteiger partial charge in [-0.3, -0.25) is 5.41 Å². The molecule has 1 aliphatic carbocycles. The zero-order chi connectivity index (χ0) is 21.5. The molecule has 0 fully saturated rings. The molecule has 3 aromatic rings. The van der Waals surface area contributed by atoms with E-state index in [0.29, 0.717) is 48.6 Å². The Morgan fingerprint density at radius 2 is 2.00 bits per heavy atom. The van der Waals surface area contributed by atoms with Gasteiger partial charge in [-0.1, -0.05) is 6.07 Å².